The number of rotatable bonds is 11. The molecule has 9 nitrogen and oxygen atoms in total. The minimum atomic E-state index is -0.679. The molecule has 0 spiro atoms. The highest BCUT2D eigenvalue weighted by atomic mass is 19.1. The largest absolute Gasteiger partial charge is 0.508 e. The Morgan fingerprint density at radius 3 is 2.44 bits per heavy atom. The number of nitrogens with one attached hydrogen (secondary N) is 2. The molecule has 0 aliphatic carbocycles. The molecule has 2 amide bonds. The molecule has 1 aromatic heterocycles. The minimum absolute atomic E-state index is 0.0179. The quantitative estimate of drug-likeness (QED) is 0.117. The molecule has 0 saturated heterocycles. The van der Waals surface area contributed by atoms with Gasteiger partial charge in [0, 0.05) is 30.9 Å². The first-order chi connectivity index (χ1) is 17.3. The first-order valence-electron chi connectivity index (χ1n) is 11.3. The number of hydrogen-bond donors (Lipinski definition) is 3. The van der Waals surface area contributed by atoms with Gasteiger partial charge in [0.2, 0.25) is 5.91 Å². The molecule has 0 unspecified atom stereocenters. The van der Waals surface area contributed by atoms with Gasteiger partial charge in [0.25, 0.3) is 11.6 Å². The van der Waals surface area contributed by atoms with E-state index in [1.165, 1.54) is 24.3 Å². The lowest BCUT2D eigenvalue weighted by Gasteiger charge is -2.10. The third kappa shape index (κ3) is 7.73. The molecule has 3 N–H and O–H groups in total. The molecule has 0 fully saturated rings. The molecular formula is C26H25FN4O5. The number of anilines is 1. The number of pyridine rings is 1. The maximum absolute atomic E-state index is 13.4. The van der Waals surface area contributed by atoms with Crippen LogP contribution in [-0.2, 0) is 9.59 Å². The Morgan fingerprint density at radius 2 is 1.75 bits per heavy atom. The standard InChI is InChI=1S/C26H25FN4O5/c27-20-7-5-19(6-8-20)22(16-18-11-14-28-15-12-18)26(34)29-13-3-1-2-4-25(33)30-23-10-9-21(32)17-24(23)31(35)36/h5-12,14-17,32H,1-4,13H2,(H,29,34)(H,30,33)/b22-16-. The Balaban J connectivity index is 1.48. The second kappa shape index (κ2) is 12.7. The first kappa shape index (κ1) is 26.0. The molecule has 3 aromatic rings. The fraction of sp³-hybridized carbons (Fsp3) is 0.192. The van der Waals surface area contributed by atoms with Gasteiger partial charge < -0.3 is 15.7 Å². The summed E-state index contributed by atoms with van der Waals surface area (Å²) in [6.45, 7) is 0.374. The SMILES string of the molecule is O=C(CCCCCNC(=O)/C(=C\c1ccncc1)c1ccc(F)cc1)Nc1ccc(O)cc1[N+](=O)[O-]. The lowest BCUT2D eigenvalue weighted by Crippen LogP contribution is -2.25. The normalized spacial score (nSPS) is 11.1. The lowest BCUT2D eigenvalue weighted by atomic mass is 10.0. The Hall–Kier alpha value is -4.60. The molecule has 0 atom stereocenters. The van der Waals surface area contributed by atoms with Crippen molar-refractivity contribution >= 4 is 34.8 Å². The van der Waals surface area contributed by atoms with Crippen LogP contribution in [0.25, 0.3) is 11.6 Å². The Morgan fingerprint density at radius 1 is 1.03 bits per heavy atom. The van der Waals surface area contributed by atoms with E-state index in [-0.39, 0.29) is 35.4 Å². The van der Waals surface area contributed by atoms with E-state index in [4.69, 9.17) is 0 Å². The molecule has 0 aliphatic heterocycles. The summed E-state index contributed by atoms with van der Waals surface area (Å²) in [4.78, 5) is 39.4. The summed E-state index contributed by atoms with van der Waals surface area (Å²) >= 11 is 0. The van der Waals surface area contributed by atoms with E-state index in [0.29, 0.717) is 36.9 Å². The highest BCUT2D eigenvalue weighted by Crippen LogP contribution is 2.28. The van der Waals surface area contributed by atoms with Crippen LogP contribution in [-0.4, -0.2) is 33.4 Å². The van der Waals surface area contributed by atoms with E-state index in [9.17, 15) is 29.2 Å². The van der Waals surface area contributed by atoms with Gasteiger partial charge in [-0.25, -0.2) is 4.39 Å². The number of unbranched alkanes of at least 4 members (excludes halogenated alkanes) is 2. The number of aromatic hydroxyl groups is 1. The predicted octanol–water partition coefficient (Wildman–Crippen LogP) is 4.69. The zero-order valence-corrected chi connectivity index (χ0v) is 19.3. The van der Waals surface area contributed by atoms with Crippen molar-refractivity contribution in [1.29, 1.82) is 0 Å². The molecule has 2 aromatic carbocycles. The molecule has 10 heteroatoms. The number of halogens is 1. The van der Waals surface area contributed by atoms with Gasteiger partial charge in [0.15, 0.2) is 0 Å². The zero-order valence-electron chi connectivity index (χ0n) is 19.3. The zero-order chi connectivity index (χ0) is 25.9. The summed E-state index contributed by atoms with van der Waals surface area (Å²) in [6.07, 6.45) is 6.86. The molecule has 1 heterocycles. The molecule has 0 bridgehead atoms. The van der Waals surface area contributed by atoms with Crippen molar-refractivity contribution in [3.63, 3.8) is 0 Å². The fourth-order valence-electron chi connectivity index (χ4n) is 3.41. The van der Waals surface area contributed by atoms with Crippen LogP contribution in [0.4, 0.5) is 15.8 Å². The van der Waals surface area contributed by atoms with Crippen molar-refractivity contribution in [2.45, 2.75) is 25.7 Å². The summed E-state index contributed by atoms with van der Waals surface area (Å²) in [5.41, 5.74) is 1.37. The maximum atomic E-state index is 13.4. The number of nitro benzene ring substituents is 1. The average Bonchev–Trinajstić information content (AvgIpc) is 2.86. The maximum Gasteiger partial charge on any atom is 0.296 e. The van der Waals surface area contributed by atoms with Crippen molar-refractivity contribution in [2.75, 3.05) is 11.9 Å². The van der Waals surface area contributed by atoms with Crippen LogP contribution < -0.4 is 10.6 Å². The first-order valence-corrected chi connectivity index (χ1v) is 11.3. The summed E-state index contributed by atoms with van der Waals surface area (Å²) in [5, 5.41) is 25.8. The van der Waals surface area contributed by atoms with Crippen LogP contribution in [0.2, 0.25) is 0 Å². The number of carbonyl (C=O) groups is 2. The molecule has 0 aliphatic rings. The van der Waals surface area contributed by atoms with Crippen molar-refractivity contribution in [3.05, 3.63) is 94.0 Å². The smallest absolute Gasteiger partial charge is 0.296 e. The summed E-state index contributed by atoms with van der Waals surface area (Å²) in [5.74, 6) is -1.35. The highest BCUT2D eigenvalue weighted by molar-refractivity contribution is 6.24. The van der Waals surface area contributed by atoms with E-state index < -0.39 is 10.7 Å². The van der Waals surface area contributed by atoms with Gasteiger partial charge in [0.05, 0.1) is 11.0 Å². The van der Waals surface area contributed by atoms with Crippen LogP contribution in [0.1, 0.15) is 36.8 Å². The van der Waals surface area contributed by atoms with Crippen molar-refractivity contribution in [2.24, 2.45) is 0 Å². The van der Waals surface area contributed by atoms with Crippen LogP contribution in [0, 0.1) is 15.9 Å². The molecule has 36 heavy (non-hydrogen) atoms. The number of nitrogens with zero attached hydrogens (tertiary/aromatic N) is 2. The third-order valence-corrected chi connectivity index (χ3v) is 5.24. The average molecular weight is 493 g/mol. The number of phenols is 1. The number of amides is 2. The van der Waals surface area contributed by atoms with Crippen molar-refractivity contribution in [1.82, 2.24) is 10.3 Å². The van der Waals surface area contributed by atoms with Crippen LogP contribution in [0.3, 0.4) is 0 Å². The summed E-state index contributed by atoms with van der Waals surface area (Å²) < 4.78 is 13.4. The van der Waals surface area contributed by atoms with Crippen LogP contribution >= 0.6 is 0 Å². The Labute approximate surface area is 206 Å². The van der Waals surface area contributed by atoms with Crippen molar-refractivity contribution < 1.29 is 24.0 Å². The number of benzene rings is 2. The number of hydrogen-bond acceptors (Lipinski definition) is 6. The fourth-order valence-corrected chi connectivity index (χ4v) is 3.41. The third-order valence-electron chi connectivity index (χ3n) is 5.24. The van der Waals surface area contributed by atoms with E-state index >= 15 is 0 Å². The molecule has 0 radical (unpaired) electrons. The molecule has 186 valence electrons. The van der Waals surface area contributed by atoms with E-state index in [2.05, 4.69) is 15.6 Å². The number of phenolic OH excluding ortho intramolecular Hbond substituents is 1. The Bertz CT molecular complexity index is 1250. The van der Waals surface area contributed by atoms with Crippen LogP contribution in [0.5, 0.6) is 5.75 Å². The predicted molar refractivity (Wildman–Crippen MR) is 133 cm³/mol. The minimum Gasteiger partial charge on any atom is -0.508 e. The van der Waals surface area contributed by atoms with Gasteiger partial charge in [-0.2, -0.15) is 0 Å². The molecular weight excluding hydrogens is 467 g/mol. The highest BCUT2D eigenvalue weighted by Gasteiger charge is 2.17. The number of nitro groups is 1. The second-order valence-electron chi connectivity index (χ2n) is 7.92. The van der Waals surface area contributed by atoms with Crippen molar-refractivity contribution in [3.8, 4) is 5.75 Å². The van der Waals surface area contributed by atoms with E-state index in [1.54, 1.807) is 42.7 Å². The van der Waals surface area contributed by atoms with Gasteiger partial charge in [-0.1, -0.05) is 18.6 Å². The topological polar surface area (TPSA) is 134 Å². The van der Waals surface area contributed by atoms with Crippen LogP contribution in [0.15, 0.2) is 67.0 Å². The Kier molecular flexibility index (Phi) is 9.21. The van der Waals surface area contributed by atoms with Gasteiger partial charge >= 0.3 is 0 Å². The van der Waals surface area contributed by atoms with Gasteiger partial charge in [-0.05, 0) is 66.4 Å². The molecule has 3 rings (SSSR count). The van der Waals surface area contributed by atoms with Gasteiger partial charge in [0.1, 0.15) is 17.3 Å². The molecule has 0 saturated carbocycles. The number of carbonyl (C=O) groups excluding carboxylic acids is 2. The van der Waals surface area contributed by atoms with Gasteiger partial charge in [-0.3, -0.25) is 24.7 Å². The van der Waals surface area contributed by atoms with Gasteiger partial charge in [-0.15, -0.1) is 0 Å². The summed E-state index contributed by atoms with van der Waals surface area (Å²) in [6, 6.07) is 12.7. The lowest BCUT2D eigenvalue weighted by molar-refractivity contribution is -0.384. The monoisotopic (exact) mass is 492 g/mol. The second-order valence-corrected chi connectivity index (χ2v) is 7.92. The number of aromatic nitrogens is 1. The van der Waals surface area contributed by atoms with E-state index in [1.807, 2.05) is 0 Å². The summed E-state index contributed by atoms with van der Waals surface area (Å²) in [7, 11) is 0. The van der Waals surface area contributed by atoms with E-state index in [0.717, 1.165) is 11.6 Å².